The highest BCUT2D eigenvalue weighted by atomic mass is 16.5. The second kappa shape index (κ2) is 9.80. The van der Waals surface area contributed by atoms with E-state index < -0.39 is 0 Å². The molecule has 3 atom stereocenters. The maximum atomic E-state index is 6.24. The Labute approximate surface area is 114 Å². The minimum absolute atomic E-state index is 0.438. The standard InChI is InChI=1S/C16H33NO/c1-3-5-9-14(4-2)13-18-16-11-8-6-7-10-15(16)12-17/h14-16H,3-13,17H2,1-2H3. The van der Waals surface area contributed by atoms with Crippen LogP contribution < -0.4 is 5.73 Å². The van der Waals surface area contributed by atoms with Gasteiger partial charge in [0.2, 0.25) is 0 Å². The molecule has 1 fully saturated rings. The van der Waals surface area contributed by atoms with Crippen LogP contribution in [0.15, 0.2) is 0 Å². The van der Waals surface area contributed by atoms with Gasteiger partial charge in [-0.3, -0.25) is 0 Å². The van der Waals surface area contributed by atoms with Crippen molar-refractivity contribution in [3.05, 3.63) is 0 Å². The van der Waals surface area contributed by atoms with E-state index in [0.717, 1.165) is 19.1 Å². The topological polar surface area (TPSA) is 35.2 Å². The van der Waals surface area contributed by atoms with Crippen molar-refractivity contribution in [3.8, 4) is 0 Å². The van der Waals surface area contributed by atoms with Crippen molar-refractivity contribution in [2.45, 2.75) is 77.7 Å². The lowest BCUT2D eigenvalue weighted by molar-refractivity contribution is -0.0106. The molecule has 0 radical (unpaired) electrons. The molecule has 108 valence electrons. The van der Waals surface area contributed by atoms with Crippen molar-refractivity contribution in [3.63, 3.8) is 0 Å². The molecule has 2 N–H and O–H groups in total. The summed E-state index contributed by atoms with van der Waals surface area (Å²) in [6.07, 6.45) is 12.2. The third-order valence-corrected chi connectivity index (χ3v) is 4.48. The zero-order chi connectivity index (χ0) is 13.2. The van der Waals surface area contributed by atoms with Gasteiger partial charge in [0, 0.05) is 6.61 Å². The molecule has 0 aromatic heterocycles. The molecule has 0 aromatic carbocycles. The Bertz CT molecular complexity index is 196. The summed E-state index contributed by atoms with van der Waals surface area (Å²) in [5.41, 5.74) is 5.90. The largest absolute Gasteiger partial charge is 0.378 e. The molecule has 1 rings (SSSR count). The van der Waals surface area contributed by atoms with Crippen molar-refractivity contribution in [2.75, 3.05) is 13.2 Å². The maximum Gasteiger partial charge on any atom is 0.0615 e. The van der Waals surface area contributed by atoms with Crippen molar-refractivity contribution >= 4 is 0 Å². The molecule has 0 bridgehead atoms. The summed E-state index contributed by atoms with van der Waals surface area (Å²) >= 11 is 0. The third-order valence-electron chi connectivity index (χ3n) is 4.48. The molecule has 0 heterocycles. The van der Waals surface area contributed by atoms with Gasteiger partial charge in [0.15, 0.2) is 0 Å². The van der Waals surface area contributed by atoms with Gasteiger partial charge >= 0.3 is 0 Å². The molecule has 0 amide bonds. The summed E-state index contributed by atoms with van der Waals surface area (Å²) in [7, 11) is 0. The lowest BCUT2D eigenvalue weighted by Gasteiger charge is -2.26. The summed E-state index contributed by atoms with van der Waals surface area (Å²) in [6.45, 7) is 6.31. The van der Waals surface area contributed by atoms with Crippen LogP contribution in [-0.4, -0.2) is 19.3 Å². The summed E-state index contributed by atoms with van der Waals surface area (Å²) in [6, 6.07) is 0. The van der Waals surface area contributed by atoms with E-state index in [2.05, 4.69) is 13.8 Å². The van der Waals surface area contributed by atoms with Gasteiger partial charge in [-0.15, -0.1) is 0 Å². The smallest absolute Gasteiger partial charge is 0.0615 e. The Kier molecular flexibility index (Phi) is 8.70. The van der Waals surface area contributed by atoms with Crippen LogP contribution in [0.5, 0.6) is 0 Å². The van der Waals surface area contributed by atoms with E-state index in [9.17, 15) is 0 Å². The first-order valence-electron chi connectivity index (χ1n) is 8.13. The molecule has 1 aliphatic rings. The van der Waals surface area contributed by atoms with Gasteiger partial charge in [0.1, 0.15) is 0 Å². The quantitative estimate of drug-likeness (QED) is 0.662. The van der Waals surface area contributed by atoms with Gasteiger partial charge in [-0.2, -0.15) is 0 Å². The molecule has 0 saturated heterocycles. The van der Waals surface area contributed by atoms with Crippen LogP contribution in [0.3, 0.4) is 0 Å². The molecule has 2 heteroatoms. The van der Waals surface area contributed by atoms with Gasteiger partial charge in [-0.1, -0.05) is 52.4 Å². The second-order valence-corrected chi connectivity index (χ2v) is 5.92. The average Bonchev–Trinajstić information content (AvgIpc) is 2.64. The molecule has 0 aliphatic heterocycles. The fourth-order valence-corrected chi connectivity index (χ4v) is 3.00. The Hall–Kier alpha value is -0.0800. The third kappa shape index (κ3) is 5.71. The molecule has 2 nitrogen and oxygen atoms in total. The van der Waals surface area contributed by atoms with Crippen molar-refractivity contribution < 1.29 is 4.74 Å². The predicted octanol–water partition coefficient (Wildman–Crippen LogP) is 4.13. The predicted molar refractivity (Wildman–Crippen MR) is 78.7 cm³/mol. The van der Waals surface area contributed by atoms with E-state index in [0.29, 0.717) is 12.0 Å². The highest BCUT2D eigenvalue weighted by molar-refractivity contribution is 4.75. The Morgan fingerprint density at radius 2 is 1.94 bits per heavy atom. The maximum absolute atomic E-state index is 6.24. The van der Waals surface area contributed by atoms with Crippen LogP contribution >= 0.6 is 0 Å². The number of ether oxygens (including phenoxy) is 1. The molecular formula is C16H33NO. The SMILES string of the molecule is CCCCC(CC)COC1CCCCCC1CN. The van der Waals surface area contributed by atoms with Gasteiger partial charge in [-0.25, -0.2) is 0 Å². The van der Waals surface area contributed by atoms with E-state index in [1.807, 2.05) is 0 Å². The molecule has 3 unspecified atom stereocenters. The second-order valence-electron chi connectivity index (χ2n) is 5.92. The van der Waals surface area contributed by atoms with E-state index >= 15 is 0 Å². The molecule has 1 aliphatic carbocycles. The minimum Gasteiger partial charge on any atom is -0.378 e. The zero-order valence-electron chi connectivity index (χ0n) is 12.5. The van der Waals surface area contributed by atoms with Crippen molar-refractivity contribution in [1.82, 2.24) is 0 Å². The van der Waals surface area contributed by atoms with Crippen LogP contribution in [-0.2, 0) is 4.74 Å². The average molecular weight is 255 g/mol. The van der Waals surface area contributed by atoms with Gasteiger partial charge in [0.25, 0.3) is 0 Å². The Balaban J connectivity index is 2.33. The van der Waals surface area contributed by atoms with Gasteiger partial charge < -0.3 is 10.5 Å². The summed E-state index contributed by atoms with van der Waals surface area (Å²) in [5, 5.41) is 0. The highest BCUT2D eigenvalue weighted by Crippen LogP contribution is 2.26. The summed E-state index contributed by atoms with van der Waals surface area (Å²) in [5.74, 6) is 1.36. The molecule has 18 heavy (non-hydrogen) atoms. The summed E-state index contributed by atoms with van der Waals surface area (Å²) < 4.78 is 6.24. The van der Waals surface area contributed by atoms with Crippen LogP contribution in [0.1, 0.15) is 71.6 Å². The lowest BCUT2D eigenvalue weighted by atomic mass is 9.96. The van der Waals surface area contributed by atoms with Crippen LogP contribution in [0.25, 0.3) is 0 Å². The number of rotatable bonds is 8. The highest BCUT2D eigenvalue weighted by Gasteiger charge is 2.23. The van der Waals surface area contributed by atoms with E-state index in [4.69, 9.17) is 10.5 Å². The molecule has 0 spiro atoms. The van der Waals surface area contributed by atoms with Crippen molar-refractivity contribution in [2.24, 2.45) is 17.6 Å². The number of unbranched alkanes of at least 4 members (excludes halogenated alkanes) is 1. The number of hydrogen-bond donors (Lipinski definition) is 1. The molecular weight excluding hydrogens is 222 g/mol. The van der Waals surface area contributed by atoms with Gasteiger partial charge in [-0.05, 0) is 37.6 Å². The Morgan fingerprint density at radius 3 is 2.61 bits per heavy atom. The first-order chi connectivity index (χ1) is 8.81. The monoisotopic (exact) mass is 255 g/mol. The van der Waals surface area contributed by atoms with E-state index in [-0.39, 0.29) is 0 Å². The Morgan fingerprint density at radius 1 is 1.17 bits per heavy atom. The first-order valence-corrected chi connectivity index (χ1v) is 8.13. The molecule has 0 aromatic rings. The first kappa shape index (κ1) is 16.0. The van der Waals surface area contributed by atoms with Crippen LogP contribution in [0.4, 0.5) is 0 Å². The minimum atomic E-state index is 0.438. The zero-order valence-corrected chi connectivity index (χ0v) is 12.5. The van der Waals surface area contributed by atoms with E-state index in [1.165, 1.54) is 57.8 Å². The van der Waals surface area contributed by atoms with Crippen LogP contribution in [0.2, 0.25) is 0 Å². The number of hydrogen-bond acceptors (Lipinski definition) is 2. The fraction of sp³-hybridized carbons (Fsp3) is 1.00. The van der Waals surface area contributed by atoms with E-state index in [1.54, 1.807) is 0 Å². The molecule has 1 saturated carbocycles. The summed E-state index contributed by atoms with van der Waals surface area (Å²) in [4.78, 5) is 0. The van der Waals surface area contributed by atoms with Gasteiger partial charge in [0.05, 0.1) is 6.10 Å². The lowest BCUT2D eigenvalue weighted by Crippen LogP contribution is -2.31. The number of nitrogens with two attached hydrogens (primary N) is 1. The van der Waals surface area contributed by atoms with Crippen LogP contribution in [0, 0.1) is 11.8 Å². The van der Waals surface area contributed by atoms with Crippen molar-refractivity contribution in [1.29, 1.82) is 0 Å². The normalized spacial score (nSPS) is 26.8. The fourth-order valence-electron chi connectivity index (χ4n) is 3.00.